The van der Waals surface area contributed by atoms with Crippen molar-refractivity contribution in [2.75, 3.05) is 19.8 Å². The summed E-state index contributed by atoms with van der Waals surface area (Å²) in [5.41, 5.74) is 5.63. The molecule has 2 rings (SSSR count). The lowest BCUT2D eigenvalue weighted by Gasteiger charge is -2.08. The van der Waals surface area contributed by atoms with Gasteiger partial charge >= 0.3 is 5.97 Å². The first kappa shape index (κ1) is 19.5. The Bertz CT molecular complexity index is 800. The molecule has 1 heterocycles. The molecule has 2 aromatic rings. The van der Waals surface area contributed by atoms with Crippen LogP contribution in [0.3, 0.4) is 0 Å². The summed E-state index contributed by atoms with van der Waals surface area (Å²) in [5.74, 6) is 4.08. The van der Waals surface area contributed by atoms with Crippen LogP contribution in [0.1, 0.15) is 5.76 Å². The molecule has 12 heteroatoms. The number of carbonyl (C=O) groups is 1. The molecule has 1 aromatic heterocycles. The van der Waals surface area contributed by atoms with Gasteiger partial charge in [-0.25, -0.2) is 15.4 Å². The number of ether oxygens (including phenoxy) is 2. The number of amidine groups is 1. The first-order valence-corrected chi connectivity index (χ1v) is 7.90. The summed E-state index contributed by atoms with van der Waals surface area (Å²) in [7, 11) is 0. The van der Waals surface area contributed by atoms with Crippen LogP contribution in [0.4, 0.5) is 4.39 Å². The largest absolute Gasteiger partial charge is 0.489 e. The number of hydrogen-bond acceptors (Lipinski definition) is 8. The summed E-state index contributed by atoms with van der Waals surface area (Å²) in [4.78, 5) is 10.5. The molecule has 0 spiro atoms. The van der Waals surface area contributed by atoms with Gasteiger partial charge in [0.15, 0.2) is 12.4 Å². The van der Waals surface area contributed by atoms with Crippen molar-refractivity contribution in [3.63, 3.8) is 0 Å². The van der Waals surface area contributed by atoms with E-state index >= 15 is 0 Å². The Morgan fingerprint density at radius 1 is 1.38 bits per heavy atom. The highest BCUT2D eigenvalue weighted by atomic mass is 79.9. The predicted octanol–water partition coefficient (Wildman–Crippen LogP) is 0.915. The second-order valence-electron chi connectivity index (χ2n) is 4.78. The summed E-state index contributed by atoms with van der Waals surface area (Å²) in [6.07, 6.45) is 0. The highest BCUT2D eigenvalue weighted by molar-refractivity contribution is 9.10. The number of benzene rings is 1. The van der Waals surface area contributed by atoms with Crippen molar-refractivity contribution < 1.29 is 28.3 Å². The fraction of sp³-hybridized carbons (Fsp3) is 0.214. The van der Waals surface area contributed by atoms with E-state index in [0.717, 1.165) is 0 Å². The lowest BCUT2D eigenvalue weighted by atomic mass is 10.3. The van der Waals surface area contributed by atoms with Gasteiger partial charge in [-0.2, -0.15) is 0 Å². The van der Waals surface area contributed by atoms with Crippen LogP contribution in [0.2, 0.25) is 0 Å². The van der Waals surface area contributed by atoms with Crippen LogP contribution in [0.5, 0.6) is 11.6 Å². The van der Waals surface area contributed by atoms with Crippen LogP contribution in [0.15, 0.2) is 38.4 Å². The number of hydrogen-bond donors (Lipinski definition) is 3. The lowest BCUT2D eigenvalue weighted by Crippen LogP contribution is -2.33. The first-order chi connectivity index (χ1) is 12.3. The molecule has 0 aliphatic heterocycles. The number of carboxylic acid groups (broad SMARTS) is 1. The average Bonchev–Trinajstić information content (AvgIpc) is 3.03. The van der Waals surface area contributed by atoms with Crippen molar-refractivity contribution in [2.24, 2.45) is 16.7 Å². The predicted molar refractivity (Wildman–Crippen MR) is 90.8 cm³/mol. The van der Waals surface area contributed by atoms with Crippen LogP contribution < -0.4 is 21.1 Å². The zero-order valence-corrected chi connectivity index (χ0v) is 14.8. The van der Waals surface area contributed by atoms with Crippen LogP contribution in [0.25, 0.3) is 0 Å². The monoisotopic (exact) mass is 431 g/mol. The maximum atomic E-state index is 13.1. The molecule has 5 N–H and O–H groups in total. The Hall–Kier alpha value is -2.86. The first-order valence-electron chi connectivity index (χ1n) is 7.11. The Balaban J connectivity index is 1.83. The smallest absolute Gasteiger partial charge is 0.326 e. The number of carboxylic acids is 1. The van der Waals surface area contributed by atoms with Gasteiger partial charge in [0, 0.05) is 6.07 Å². The maximum Gasteiger partial charge on any atom is 0.326 e. The van der Waals surface area contributed by atoms with E-state index in [4.69, 9.17) is 30.7 Å². The van der Waals surface area contributed by atoms with E-state index in [-0.39, 0.29) is 30.7 Å². The molecule has 0 fully saturated rings. The van der Waals surface area contributed by atoms with Gasteiger partial charge in [-0.05, 0) is 33.2 Å². The van der Waals surface area contributed by atoms with Gasteiger partial charge in [0.1, 0.15) is 24.8 Å². The number of rotatable bonds is 9. The Kier molecular flexibility index (Phi) is 6.74. The van der Waals surface area contributed by atoms with Gasteiger partial charge in [0.25, 0.3) is 5.88 Å². The molecule has 0 amide bonds. The van der Waals surface area contributed by atoms with Crippen molar-refractivity contribution >= 4 is 27.7 Å². The number of nitrogens with two attached hydrogens (primary N) is 2. The quantitative estimate of drug-likeness (QED) is 0.173. The number of hydrazone groups is 1. The third-order valence-electron chi connectivity index (χ3n) is 2.76. The highest BCUT2D eigenvalue weighted by Crippen LogP contribution is 2.25. The molecule has 0 saturated carbocycles. The molecule has 0 unspecified atom stereocenters. The zero-order valence-electron chi connectivity index (χ0n) is 13.3. The molecular weight excluding hydrogens is 417 g/mol. The number of halogens is 2. The second kappa shape index (κ2) is 9.01. The number of aromatic nitrogens is 1. The van der Waals surface area contributed by atoms with E-state index in [1.54, 1.807) is 0 Å². The van der Waals surface area contributed by atoms with Gasteiger partial charge < -0.3 is 24.8 Å². The lowest BCUT2D eigenvalue weighted by molar-refractivity contribution is -0.138. The van der Waals surface area contributed by atoms with E-state index < -0.39 is 18.3 Å². The molecule has 10 nitrogen and oxygen atoms in total. The van der Waals surface area contributed by atoms with Crippen molar-refractivity contribution in [3.05, 3.63) is 40.3 Å². The van der Waals surface area contributed by atoms with Crippen LogP contribution in [-0.4, -0.2) is 46.9 Å². The molecule has 1 aromatic carbocycles. The summed E-state index contributed by atoms with van der Waals surface area (Å²) >= 11 is 3.24. The number of aliphatic carboxylic acids is 1. The van der Waals surface area contributed by atoms with Crippen molar-refractivity contribution in [1.29, 1.82) is 0 Å². The molecular formula is C14H15BrFN5O5. The zero-order chi connectivity index (χ0) is 19.1. The van der Waals surface area contributed by atoms with E-state index in [2.05, 4.69) is 26.2 Å². The standard InChI is InChI=1S/C14H15BrFN5O5/c15-9-2-1-8(16)5-10(9)24-3-4-25-12-6-11(26-20-12)14(17)19-21(18)7-13(22)23/h1-2,5-6H,3-4,7,18H2,(H2,17,19)(H,22,23). The van der Waals surface area contributed by atoms with E-state index in [1.807, 2.05) is 0 Å². The minimum absolute atomic E-state index is 0.0506. The topological polar surface area (TPSA) is 149 Å². The van der Waals surface area contributed by atoms with Crippen LogP contribution in [0, 0.1) is 5.82 Å². The van der Waals surface area contributed by atoms with Crippen molar-refractivity contribution in [2.45, 2.75) is 0 Å². The van der Waals surface area contributed by atoms with Gasteiger partial charge in [0.2, 0.25) is 5.76 Å². The SMILES string of the molecule is N/C(=N\N(N)CC(=O)O)c1cc(OCCOc2cc(F)ccc2Br)no1. The highest BCUT2D eigenvalue weighted by Gasteiger charge is 2.11. The molecule has 0 bridgehead atoms. The summed E-state index contributed by atoms with van der Waals surface area (Å²) in [5, 5.41) is 16.5. The van der Waals surface area contributed by atoms with Gasteiger partial charge in [0.05, 0.1) is 10.5 Å². The third kappa shape index (κ3) is 5.89. The fourth-order valence-corrected chi connectivity index (χ4v) is 2.06. The Morgan fingerprint density at radius 2 is 2.12 bits per heavy atom. The molecule has 0 radical (unpaired) electrons. The van der Waals surface area contributed by atoms with E-state index in [9.17, 15) is 9.18 Å². The second-order valence-corrected chi connectivity index (χ2v) is 5.63. The van der Waals surface area contributed by atoms with Crippen molar-refractivity contribution in [1.82, 2.24) is 10.3 Å². The minimum atomic E-state index is -1.17. The summed E-state index contributed by atoms with van der Waals surface area (Å²) < 4.78 is 29.4. The Labute approximate surface area is 155 Å². The molecule has 0 atom stereocenters. The van der Waals surface area contributed by atoms with Gasteiger partial charge in [-0.15, -0.1) is 5.10 Å². The number of nitrogens with zero attached hydrogens (tertiary/aromatic N) is 3. The van der Waals surface area contributed by atoms with E-state index in [0.29, 0.717) is 15.3 Å². The fourth-order valence-electron chi connectivity index (χ4n) is 1.70. The molecule has 0 saturated heterocycles. The molecule has 26 heavy (non-hydrogen) atoms. The van der Waals surface area contributed by atoms with Crippen LogP contribution >= 0.6 is 15.9 Å². The van der Waals surface area contributed by atoms with Gasteiger partial charge in [-0.3, -0.25) is 4.79 Å². The minimum Gasteiger partial charge on any atom is -0.489 e. The summed E-state index contributed by atoms with van der Waals surface area (Å²) in [6.45, 7) is -0.303. The maximum absolute atomic E-state index is 13.1. The van der Waals surface area contributed by atoms with E-state index in [1.165, 1.54) is 24.3 Å². The van der Waals surface area contributed by atoms with Crippen molar-refractivity contribution in [3.8, 4) is 11.6 Å². The number of hydrazine groups is 1. The molecule has 140 valence electrons. The van der Waals surface area contributed by atoms with Crippen LogP contribution in [-0.2, 0) is 4.79 Å². The molecule has 0 aliphatic carbocycles. The Morgan fingerprint density at radius 3 is 2.85 bits per heavy atom. The van der Waals surface area contributed by atoms with Gasteiger partial charge in [-0.1, -0.05) is 0 Å². The third-order valence-corrected chi connectivity index (χ3v) is 3.41. The normalized spacial score (nSPS) is 11.3. The average molecular weight is 432 g/mol. The summed E-state index contributed by atoms with van der Waals surface area (Å²) in [6, 6.07) is 5.43. The molecule has 0 aliphatic rings.